The molecule has 1 N–H and O–H groups in total. The highest BCUT2D eigenvalue weighted by molar-refractivity contribution is 6.33. The summed E-state index contributed by atoms with van der Waals surface area (Å²) in [6.45, 7) is 4.29. The number of imide groups is 1. The topological polar surface area (TPSA) is 91.4 Å². The first-order valence-corrected chi connectivity index (χ1v) is 10.7. The van der Waals surface area contributed by atoms with Gasteiger partial charge >= 0.3 is 0 Å². The number of imidazole rings is 1. The molecule has 5 rings (SSSR count). The highest BCUT2D eigenvalue weighted by Gasteiger charge is 2.37. The molecule has 1 aromatic carbocycles. The molecular formula is C22H22ClN5O3. The van der Waals surface area contributed by atoms with Crippen molar-refractivity contribution in [1.29, 1.82) is 0 Å². The van der Waals surface area contributed by atoms with E-state index in [0.717, 1.165) is 19.4 Å². The number of benzene rings is 1. The van der Waals surface area contributed by atoms with Crippen LogP contribution in [0.25, 0.3) is 22.4 Å². The molecule has 31 heavy (non-hydrogen) atoms. The molecule has 160 valence electrons. The van der Waals surface area contributed by atoms with Crippen LogP contribution in [-0.2, 0) is 0 Å². The van der Waals surface area contributed by atoms with Crippen molar-refractivity contribution in [2.45, 2.75) is 25.8 Å². The van der Waals surface area contributed by atoms with Gasteiger partial charge < -0.3 is 9.72 Å². The summed E-state index contributed by atoms with van der Waals surface area (Å²) in [6.07, 6.45) is 3.87. The maximum absolute atomic E-state index is 13.0. The van der Waals surface area contributed by atoms with Gasteiger partial charge in [-0.1, -0.05) is 11.6 Å². The van der Waals surface area contributed by atoms with Gasteiger partial charge in [0.2, 0.25) is 5.88 Å². The van der Waals surface area contributed by atoms with Crippen molar-refractivity contribution in [2.75, 3.05) is 26.7 Å². The Labute approximate surface area is 184 Å². The third-order valence-corrected chi connectivity index (χ3v) is 6.48. The van der Waals surface area contributed by atoms with E-state index in [1.807, 2.05) is 0 Å². The molecule has 8 nitrogen and oxygen atoms in total. The van der Waals surface area contributed by atoms with Gasteiger partial charge in [0.1, 0.15) is 5.82 Å². The third-order valence-electron chi connectivity index (χ3n) is 6.17. The zero-order valence-electron chi connectivity index (χ0n) is 17.3. The number of fused-ring (bicyclic) bond motifs is 2. The van der Waals surface area contributed by atoms with Crippen molar-refractivity contribution in [3.63, 3.8) is 0 Å². The quantitative estimate of drug-likeness (QED) is 0.613. The molecule has 2 amide bonds. The molecular weight excluding hydrogens is 418 g/mol. The molecule has 9 heteroatoms. The van der Waals surface area contributed by atoms with Crippen molar-refractivity contribution in [2.24, 2.45) is 0 Å². The Kier molecular flexibility index (Phi) is 4.91. The fraction of sp³-hybridized carbons (Fsp3) is 0.364. The largest absolute Gasteiger partial charge is 0.480 e. The number of carbonyl (C=O) groups excluding carboxylic acids is 2. The van der Waals surface area contributed by atoms with Gasteiger partial charge in [-0.2, -0.15) is 0 Å². The number of amides is 2. The molecule has 0 saturated carbocycles. The van der Waals surface area contributed by atoms with Gasteiger partial charge in [0, 0.05) is 25.3 Å². The maximum Gasteiger partial charge on any atom is 0.261 e. The first-order valence-electron chi connectivity index (χ1n) is 10.3. The van der Waals surface area contributed by atoms with Crippen LogP contribution < -0.4 is 4.74 Å². The fourth-order valence-electron chi connectivity index (χ4n) is 4.46. The third kappa shape index (κ3) is 3.26. The summed E-state index contributed by atoms with van der Waals surface area (Å²) in [5.41, 5.74) is 2.53. The lowest BCUT2D eigenvalue weighted by Gasteiger charge is -2.23. The van der Waals surface area contributed by atoms with Crippen molar-refractivity contribution < 1.29 is 14.3 Å². The van der Waals surface area contributed by atoms with Gasteiger partial charge in [-0.25, -0.2) is 9.97 Å². The van der Waals surface area contributed by atoms with E-state index in [1.54, 1.807) is 24.4 Å². The van der Waals surface area contributed by atoms with Gasteiger partial charge in [0.15, 0.2) is 0 Å². The van der Waals surface area contributed by atoms with E-state index >= 15 is 0 Å². The molecule has 4 heterocycles. The van der Waals surface area contributed by atoms with Gasteiger partial charge in [-0.05, 0) is 44.5 Å². The molecule has 3 aromatic rings. The molecule has 1 saturated heterocycles. The number of likely N-dealkylation sites (tertiary alicyclic amines) is 1. The Morgan fingerprint density at radius 3 is 2.71 bits per heavy atom. The number of rotatable bonds is 5. The van der Waals surface area contributed by atoms with Crippen LogP contribution in [0.4, 0.5) is 0 Å². The SMILES string of the molecule is COc1nccc(Cl)c1-c1nc2cc3c(cc2[nH]1)C(=O)N(CCN1CCCC1C)C3=O. The van der Waals surface area contributed by atoms with E-state index in [-0.39, 0.29) is 11.8 Å². The zero-order chi connectivity index (χ0) is 21.7. The summed E-state index contributed by atoms with van der Waals surface area (Å²) in [5.74, 6) is 0.277. The van der Waals surface area contributed by atoms with Crippen LogP contribution in [0.15, 0.2) is 24.4 Å². The summed E-state index contributed by atoms with van der Waals surface area (Å²) in [6, 6.07) is 5.50. The second kappa shape index (κ2) is 7.62. The smallest absolute Gasteiger partial charge is 0.261 e. The summed E-state index contributed by atoms with van der Waals surface area (Å²) in [4.78, 5) is 41.5. The van der Waals surface area contributed by atoms with E-state index in [2.05, 4.69) is 26.8 Å². The van der Waals surface area contributed by atoms with Crippen molar-refractivity contribution in [3.8, 4) is 17.3 Å². The molecule has 0 bridgehead atoms. The number of nitrogens with zero attached hydrogens (tertiary/aromatic N) is 4. The monoisotopic (exact) mass is 439 g/mol. The summed E-state index contributed by atoms with van der Waals surface area (Å²) < 4.78 is 5.31. The highest BCUT2D eigenvalue weighted by atomic mass is 35.5. The number of H-pyrrole nitrogens is 1. The van der Waals surface area contributed by atoms with Crippen LogP contribution in [0.3, 0.4) is 0 Å². The van der Waals surface area contributed by atoms with Crippen molar-refractivity contribution in [3.05, 3.63) is 40.5 Å². The number of halogens is 1. The Balaban J connectivity index is 1.46. The first kappa shape index (κ1) is 20.0. The number of hydrogen-bond donors (Lipinski definition) is 1. The first-order chi connectivity index (χ1) is 15.0. The van der Waals surface area contributed by atoms with E-state index in [0.29, 0.717) is 63.6 Å². The van der Waals surface area contributed by atoms with Crippen LogP contribution >= 0.6 is 11.6 Å². The minimum atomic E-state index is -0.268. The standard InChI is InChI=1S/C22H22ClN5O3/c1-12-4-3-7-27(12)8-9-28-21(29)13-10-16-17(11-14(13)22(28)30)26-19(25-16)18-15(23)5-6-24-20(18)31-2/h5-6,10-12H,3-4,7-9H2,1-2H3,(H,25,26). The van der Waals surface area contributed by atoms with Crippen LogP contribution in [-0.4, -0.2) is 69.4 Å². The van der Waals surface area contributed by atoms with Crippen LogP contribution in [0, 0.1) is 0 Å². The number of ether oxygens (including phenoxy) is 1. The second-order valence-corrected chi connectivity index (χ2v) is 8.37. The molecule has 2 aliphatic heterocycles. The van der Waals surface area contributed by atoms with E-state index in [9.17, 15) is 9.59 Å². The Bertz CT molecular complexity index is 1150. The predicted octanol–water partition coefficient (Wildman–Crippen LogP) is 3.37. The van der Waals surface area contributed by atoms with Gasteiger partial charge in [-0.3, -0.25) is 19.4 Å². The number of nitrogens with one attached hydrogen (secondary N) is 1. The maximum atomic E-state index is 13.0. The summed E-state index contributed by atoms with van der Waals surface area (Å²) in [7, 11) is 1.51. The highest BCUT2D eigenvalue weighted by Crippen LogP contribution is 2.35. The lowest BCUT2D eigenvalue weighted by molar-refractivity contribution is 0.0634. The Morgan fingerprint density at radius 2 is 2.00 bits per heavy atom. The number of aromatic nitrogens is 3. The summed E-state index contributed by atoms with van der Waals surface area (Å²) >= 11 is 6.34. The molecule has 1 atom stereocenters. The summed E-state index contributed by atoms with van der Waals surface area (Å²) in [5, 5.41) is 0.438. The molecule has 0 radical (unpaired) electrons. The Hall–Kier alpha value is -2.97. The second-order valence-electron chi connectivity index (χ2n) is 7.97. The van der Waals surface area contributed by atoms with E-state index < -0.39 is 0 Å². The number of methoxy groups -OCH3 is 1. The van der Waals surface area contributed by atoms with Crippen molar-refractivity contribution in [1.82, 2.24) is 24.8 Å². The lowest BCUT2D eigenvalue weighted by atomic mass is 10.1. The molecule has 1 fully saturated rings. The zero-order valence-corrected chi connectivity index (χ0v) is 18.1. The Morgan fingerprint density at radius 1 is 1.23 bits per heavy atom. The fourth-order valence-corrected chi connectivity index (χ4v) is 4.68. The van der Waals surface area contributed by atoms with Crippen LogP contribution in [0.1, 0.15) is 40.5 Å². The van der Waals surface area contributed by atoms with Crippen LogP contribution in [0.5, 0.6) is 5.88 Å². The lowest BCUT2D eigenvalue weighted by Crippen LogP contribution is -2.39. The molecule has 1 unspecified atom stereocenters. The van der Waals surface area contributed by atoms with Crippen molar-refractivity contribution >= 4 is 34.4 Å². The minimum Gasteiger partial charge on any atom is -0.480 e. The van der Waals surface area contributed by atoms with Gasteiger partial charge in [0.25, 0.3) is 11.8 Å². The van der Waals surface area contributed by atoms with Gasteiger partial charge in [-0.15, -0.1) is 0 Å². The average Bonchev–Trinajstić information content (AvgIpc) is 3.42. The normalized spacial score (nSPS) is 18.9. The van der Waals surface area contributed by atoms with E-state index in [1.165, 1.54) is 12.0 Å². The molecule has 0 spiro atoms. The number of carbonyl (C=O) groups is 2. The molecule has 2 aromatic heterocycles. The molecule has 2 aliphatic rings. The molecule has 0 aliphatic carbocycles. The van der Waals surface area contributed by atoms with Gasteiger partial charge in [0.05, 0.1) is 39.9 Å². The van der Waals surface area contributed by atoms with Crippen LogP contribution in [0.2, 0.25) is 5.02 Å². The number of hydrogen-bond acceptors (Lipinski definition) is 6. The van der Waals surface area contributed by atoms with E-state index in [4.69, 9.17) is 16.3 Å². The average molecular weight is 440 g/mol. The minimum absolute atomic E-state index is 0.262. The number of pyridine rings is 1. The number of aromatic amines is 1. The predicted molar refractivity (Wildman–Crippen MR) is 117 cm³/mol.